The van der Waals surface area contributed by atoms with Gasteiger partial charge in [-0.05, 0) is 25.1 Å². The van der Waals surface area contributed by atoms with Crippen molar-refractivity contribution in [1.29, 1.82) is 0 Å². The summed E-state index contributed by atoms with van der Waals surface area (Å²) in [5.74, 6) is 0.599. The van der Waals surface area contributed by atoms with E-state index in [0.717, 1.165) is 0 Å². The van der Waals surface area contributed by atoms with Crippen LogP contribution in [0.4, 0.5) is 0 Å². The normalized spacial score (nSPS) is 11.3. The molecule has 8 nitrogen and oxygen atoms in total. The molecule has 0 spiro atoms. The van der Waals surface area contributed by atoms with Crippen molar-refractivity contribution in [2.24, 2.45) is 0 Å². The monoisotopic (exact) mass is 353 g/mol. The van der Waals surface area contributed by atoms with Crippen molar-refractivity contribution in [3.05, 3.63) is 46.4 Å². The number of nitrogens with one attached hydrogen (secondary N) is 1. The maximum atomic E-state index is 12.5. The van der Waals surface area contributed by atoms with Gasteiger partial charge in [0.05, 0.1) is 26.5 Å². The molecule has 2 aromatic rings. The van der Waals surface area contributed by atoms with Crippen molar-refractivity contribution in [2.45, 2.75) is 18.4 Å². The van der Waals surface area contributed by atoms with Crippen LogP contribution in [-0.2, 0) is 16.6 Å². The van der Waals surface area contributed by atoms with Gasteiger partial charge in [0.1, 0.15) is 16.4 Å². The van der Waals surface area contributed by atoms with Gasteiger partial charge in [0, 0.05) is 18.7 Å². The van der Waals surface area contributed by atoms with Crippen LogP contribution >= 0.6 is 0 Å². The third-order valence-corrected chi connectivity index (χ3v) is 4.76. The Bertz CT molecular complexity index is 877. The number of methoxy groups -OCH3 is 2. The number of nitrogens with zero attached hydrogens (tertiary/aromatic N) is 2. The second kappa shape index (κ2) is 7.45. The second-order valence-corrected chi connectivity index (χ2v) is 6.69. The molecule has 0 atom stereocenters. The molecule has 0 aliphatic heterocycles. The van der Waals surface area contributed by atoms with E-state index in [4.69, 9.17) is 9.47 Å². The molecule has 0 unspecified atom stereocenters. The number of ether oxygens (including phenoxy) is 2. The largest absolute Gasteiger partial charge is 0.497 e. The number of hydrogen-bond donors (Lipinski definition) is 1. The number of rotatable bonds is 7. The van der Waals surface area contributed by atoms with E-state index in [9.17, 15) is 13.2 Å². The Hall–Kier alpha value is -2.39. The Kier molecular flexibility index (Phi) is 5.58. The molecule has 0 radical (unpaired) electrons. The van der Waals surface area contributed by atoms with Crippen molar-refractivity contribution in [1.82, 2.24) is 14.5 Å². The lowest BCUT2D eigenvalue weighted by Crippen LogP contribution is -2.32. The number of aromatic nitrogens is 2. The fourth-order valence-electron chi connectivity index (χ4n) is 2.07. The minimum absolute atomic E-state index is 0.0130. The summed E-state index contributed by atoms with van der Waals surface area (Å²) in [6.07, 6.45) is 0. The summed E-state index contributed by atoms with van der Waals surface area (Å²) in [6, 6.07) is 7.48. The van der Waals surface area contributed by atoms with Gasteiger partial charge < -0.3 is 9.47 Å². The summed E-state index contributed by atoms with van der Waals surface area (Å²) in [6.45, 7) is 1.88. The van der Waals surface area contributed by atoms with Crippen molar-refractivity contribution in [3.8, 4) is 11.5 Å². The lowest BCUT2D eigenvalue weighted by Gasteiger charge is -2.12. The van der Waals surface area contributed by atoms with E-state index in [2.05, 4.69) is 9.82 Å². The van der Waals surface area contributed by atoms with E-state index in [-0.39, 0.29) is 29.3 Å². The average molecular weight is 353 g/mol. The van der Waals surface area contributed by atoms with Gasteiger partial charge in [-0.3, -0.25) is 4.79 Å². The third-order valence-electron chi connectivity index (χ3n) is 3.28. The smallest absolute Gasteiger partial charge is 0.266 e. The Morgan fingerprint density at radius 3 is 2.58 bits per heavy atom. The molecular formula is C15H19N3O5S. The van der Waals surface area contributed by atoms with Gasteiger partial charge in [-0.25, -0.2) is 17.8 Å². The van der Waals surface area contributed by atoms with Crippen LogP contribution in [0.15, 0.2) is 40.0 Å². The Morgan fingerprint density at radius 2 is 1.92 bits per heavy atom. The first-order valence-corrected chi connectivity index (χ1v) is 8.62. The lowest BCUT2D eigenvalue weighted by atomic mass is 10.3. The molecule has 1 N–H and O–H groups in total. The van der Waals surface area contributed by atoms with Crippen molar-refractivity contribution < 1.29 is 17.9 Å². The standard InChI is InChI=1S/C15H19N3O5S/c1-11-4-7-15(19)18(17-11)9-8-16-24(20,21)14-10-12(22-2)5-6-13(14)23-3/h4-7,10,16H,8-9H2,1-3H3. The summed E-state index contributed by atoms with van der Waals surface area (Å²) in [5.41, 5.74) is 0.380. The highest BCUT2D eigenvalue weighted by molar-refractivity contribution is 7.89. The molecule has 0 aliphatic carbocycles. The number of benzene rings is 1. The van der Waals surface area contributed by atoms with Gasteiger partial charge >= 0.3 is 0 Å². The molecule has 1 aromatic heterocycles. The Balaban J connectivity index is 2.17. The van der Waals surface area contributed by atoms with Crippen molar-refractivity contribution in [3.63, 3.8) is 0 Å². The maximum Gasteiger partial charge on any atom is 0.266 e. The molecule has 0 fully saturated rings. The minimum atomic E-state index is -3.83. The fourth-order valence-corrected chi connectivity index (χ4v) is 3.27. The number of aryl methyl sites for hydroxylation is 1. The fraction of sp³-hybridized carbons (Fsp3) is 0.333. The predicted octanol–water partition coefficient (Wildman–Crippen LogP) is 0.547. The van der Waals surface area contributed by atoms with E-state index in [0.29, 0.717) is 11.4 Å². The van der Waals surface area contributed by atoms with Crippen molar-refractivity contribution in [2.75, 3.05) is 20.8 Å². The first kappa shape index (κ1) is 18.0. The van der Waals surface area contributed by atoms with E-state index in [1.807, 2.05) is 0 Å². The quantitative estimate of drug-likeness (QED) is 0.780. The van der Waals surface area contributed by atoms with Crippen LogP contribution in [0.5, 0.6) is 11.5 Å². The minimum Gasteiger partial charge on any atom is -0.497 e. The third kappa shape index (κ3) is 4.12. The molecule has 9 heteroatoms. The predicted molar refractivity (Wildman–Crippen MR) is 88.0 cm³/mol. The highest BCUT2D eigenvalue weighted by Crippen LogP contribution is 2.27. The SMILES string of the molecule is COc1ccc(OC)c(S(=O)(=O)NCCn2nc(C)ccc2=O)c1. The van der Waals surface area contributed by atoms with Gasteiger partial charge in [0.25, 0.3) is 5.56 Å². The molecule has 0 saturated carbocycles. The van der Waals surface area contributed by atoms with Crippen LogP contribution in [0.3, 0.4) is 0 Å². The summed E-state index contributed by atoms with van der Waals surface area (Å²) in [4.78, 5) is 11.6. The van der Waals surface area contributed by atoms with E-state index >= 15 is 0 Å². The molecule has 1 heterocycles. The molecule has 0 amide bonds. The molecule has 130 valence electrons. The molecule has 0 aliphatic rings. The van der Waals surface area contributed by atoms with Gasteiger partial charge in [0.15, 0.2) is 0 Å². The number of sulfonamides is 1. The Labute approximate surface area is 140 Å². The van der Waals surface area contributed by atoms with Crippen molar-refractivity contribution >= 4 is 10.0 Å². The van der Waals surface area contributed by atoms with E-state index in [1.54, 1.807) is 19.1 Å². The van der Waals surface area contributed by atoms with Gasteiger partial charge in [-0.2, -0.15) is 5.10 Å². The van der Waals surface area contributed by atoms with Crippen LogP contribution in [0.25, 0.3) is 0 Å². The molecule has 0 saturated heterocycles. The molecule has 2 rings (SSSR count). The summed E-state index contributed by atoms with van der Waals surface area (Å²) in [7, 11) is -0.995. The summed E-state index contributed by atoms with van der Waals surface area (Å²) < 4.78 is 38.7. The Morgan fingerprint density at radius 1 is 1.17 bits per heavy atom. The summed E-state index contributed by atoms with van der Waals surface area (Å²) >= 11 is 0. The molecule has 24 heavy (non-hydrogen) atoms. The zero-order valence-electron chi connectivity index (χ0n) is 13.6. The van der Waals surface area contributed by atoms with Crippen LogP contribution in [0, 0.1) is 6.92 Å². The van der Waals surface area contributed by atoms with Crippen LogP contribution in [0.1, 0.15) is 5.69 Å². The van der Waals surface area contributed by atoms with E-state index in [1.165, 1.54) is 37.1 Å². The number of hydrogen-bond acceptors (Lipinski definition) is 6. The maximum absolute atomic E-state index is 12.5. The van der Waals surface area contributed by atoms with Crippen LogP contribution in [-0.4, -0.2) is 39.0 Å². The van der Waals surface area contributed by atoms with Gasteiger partial charge in [-0.15, -0.1) is 0 Å². The zero-order chi connectivity index (χ0) is 17.7. The zero-order valence-corrected chi connectivity index (χ0v) is 14.5. The van der Waals surface area contributed by atoms with Gasteiger partial charge in [-0.1, -0.05) is 0 Å². The summed E-state index contributed by atoms with van der Waals surface area (Å²) in [5, 5.41) is 4.05. The second-order valence-electron chi connectivity index (χ2n) is 4.95. The molecule has 1 aromatic carbocycles. The van der Waals surface area contributed by atoms with Crippen LogP contribution in [0.2, 0.25) is 0 Å². The first-order chi connectivity index (χ1) is 11.4. The highest BCUT2D eigenvalue weighted by Gasteiger charge is 2.20. The first-order valence-electron chi connectivity index (χ1n) is 7.14. The highest BCUT2D eigenvalue weighted by atomic mass is 32.2. The van der Waals surface area contributed by atoms with Gasteiger partial charge in [0.2, 0.25) is 10.0 Å². The average Bonchev–Trinajstić information content (AvgIpc) is 2.57. The van der Waals surface area contributed by atoms with Crippen LogP contribution < -0.4 is 19.8 Å². The van der Waals surface area contributed by atoms with E-state index < -0.39 is 10.0 Å². The molecule has 0 bridgehead atoms. The lowest BCUT2D eigenvalue weighted by molar-refractivity contribution is 0.392. The molecular weight excluding hydrogens is 334 g/mol. The topological polar surface area (TPSA) is 99.5 Å².